The Morgan fingerprint density at radius 3 is 2.80 bits per heavy atom. The van der Waals surface area contributed by atoms with E-state index in [0.29, 0.717) is 11.7 Å². The minimum absolute atomic E-state index is 0.0565. The van der Waals surface area contributed by atoms with Gasteiger partial charge in [0, 0.05) is 5.69 Å². The van der Waals surface area contributed by atoms with Gasteiger partial charge in [-0.2, -0.15) is 4.98 Å². The molecule has 15 heavy (non-hydrogen) atoms. The first-order valence-corrected chi connectivity index (χ1v) is 5.02. The Balaban J connectivity index is 2.18. The van der Waals surface area contributed by atoms with Gasteiger partial charge in [-0.25, -0.2) is 4.98 Å². The van der Waals surface area contributed by atoms with Gasteiger partial charge in [0.1, 0.15) is 17.6 Å². The lowest BCUT2D eigenvalue weighted by Crippen LogP contribution is -2.26. The molecule has 5 nitrogen and oxygen atoms in total. The number of nitrogens with one attached hydrogen (secondary N) is 1. The molecule has 1 aliphatic carbocycles. The molecule has 1 aromatic rings. The van der Waals surface area contributed by atoms with E-state index >= 15 is 0 Å². The maximum Gasteiger partial charge on any atom is 0.317 e. The predicted octanol–water partition coefficient (Wildman–Crippen LogP) is 1.00. The first kappa shape index (κ1) is 9.89. The van der Waals surface area contributed by atoms with E-state index in [1.165, 1.54) is 6.42 Å². The average molecular weight is 206 g/mol. The Morgan fingerprint density at radius 1 is 1.53 bits per heavy atom. The van der Waals surface area contributed by atoms with Gasteiger partial charge in [-0.15, -0.1) is 0 Å². The highest BCUT2D eigenvalue weighted by Gasteiger charge is 2.20. The summed E-state index contributed by atoms with van der Waals surface area (Å²) >= 11 is 0. The smallest absolute Gasteiger partial charge is 0.317 e. The zero-order valence-electron chi connectivity index (χ0n) is 8.66. The molecule has 5 heteroatoms. The molecule has 0 unspecified atom stereocenters. The third-order valence-electron chi connectivity index (χ3n) is 2.43. The fraction of sp³-hybridized carbons (Fsp3) is 0.500. The molecule has 1 saturated carbocycles. The predicted molar refractivity (Wildman–Crippen MR) is 56.1 cm³/mol. The van der Waals surface area contributed by atoms with E-state index in [1.54, 1.807) is 6.07 Å². The van der Waals surface area contributed by atoms with Crippen molar-refractivity contribution in [1.29, 1.82) is 5.41 Å². The molecule has 2 rings (SSSR count). The van der Waals surface area contributed by atoms with E-state index in [4.69, 9.17) is 15.9 Å². The number of hydrogen-bond acceptors (Lipinski definition) is 4. The van der Waals surface area contributed by atoms with Crippen LogP contribution >= 0.6 is 0 Å². The third kappa shape index (κ3) is 2.23. The van der Waals surface area contributed by atoms with E-state index < -0.39 is 0 Å². The van der Waals surface area contributed by atoms with E-state index in [9.17, 15) is 0 Å². The van der Waals surface area contributed by atoms with Crippen molar-refractivity contribution < 1.29 is 4.74 Å². The summed E-state index contributed by atoms with van der Waals surface area (Å²) in [5.74, 6) is -0.0565. The number of nitrogens with two attached hydrogens (primary N) is 1. The van der Waals surface area contributed by atoms with Gasteiger partial charge in [0.25, 0.3) is 0 Å². The Morgan fingerprint density at radius 2 is 2.27 bits per heavy atom. The minimum Gasteiger partial charge on any atom is -0.460 e. The van der Waals surface area contributed by atoms with Crippen molar-refractivity contribution in [3.05, 3.63) is 17.5 Å². The third-order valence-corrected chi connectivity index (χ3v) is 2.43. The molecule has 0 spiro atoms. The van der Waals surface area contributed by atoms with Gasteiger partial charge in [0.15, 0.2) is 0 Å². The molecule has 1 aliphatic rings. The number of nitrogens with zero attached hydrogens (tertiary/aromatic N) is 2. The van der Waals surface area contributed by atoms with Crippen molar-refractivity contribution in [2.24, 2.45) is 5.73 Å². The molecule has 0 saturated heterocycles. The maximum absolute atomic E-state index is 7.30. The number of ether oxygens (including phenoxy) is 1. The zero-order chi connectivity index (χ0) is 10.8. The normalized spacial score (nSPS) is 15.8. The molecule has 1 aromatic heterocycles. The maximum atomic E-state index is 7.30. The molecular formula is C10H14N4O. The van der Waals surface area contributed by atoms with Gasteiger partial charge in [-0.05, 0) is 32.3 Å². The van der Waals surface area contributed by atoms with Gasteiger partial charge in [0.05, 0.1) is 0 Å². The van der Waals surface area contributed by atoms with Crippen molar-refractivity contribution >= 4 is 5.84 Å². The number of nitrogen functional groups attached to an aromatic ring is 1. The summed E-state index contributed by atoms with van der Waals surface area (Å²) in [6.07, 6.45) is 3.57. The highest BCUT2D eigenvalue weighted by molar-refractivity contribution is 5.93. The van der Waals surface area contributed by atoms with E-state index in [0.717, 1.165) is 18.5 Å². The lowest BCUT2D eigenvalue weighted by atomic mass is 9.96. The average Bonchev–Trinajstić information content (AvgIpc) is 2.10. The van der Waals surface area contributed by atoms with Crippen molar-refractivity contribution in [3.8, 4) is 6.01 Å². The second-order valence-electron chi connectivity index (χ2n) is 3.76. The van der Waals surface area contributed by atoms with Gasteiger partial charge in [-0.1, -0.05) is 0 Å². The van der Waals surface area contributed by atoms with Crippen molar-refractivity contribution in [2.45, 2.75) is 32.3 Å². The highest BCUT2D eigenvalue weighted by atomic mass is 16.5. The second kappa shape index (κ2) is 3.84. The summed E-state index contributed by atoms with van der Waals surface area (Å²) in [4.78, 5) is 8.22. The van der Waals surface area contributed by atoms with Crippen LogP contribution in [0.1, 0.15) is 30.7 Å². The number of rotatable bonds is 3. The molecule has 0 atom stereocenters. The SMILES string of the molecule is Cc1cc(C(=N)N)nc(OC2CCC2)n1. The largest absolute Gasteiger partial charge is 0.460 e. The summed E-state index contributed by atoms with van der Waals surface area (Å²) in [6, 6.07) is 2.01. The number of amidine groups is 1. The zero-order valence-corrected chi connectivity index (χ0v) is 8.66. The van der Waals surface area contributed by atoms with Gasteiger partial charge >= 0.3 is 6.01 Å². The van der Waals surface area contributed by atoms with Crippen LogP contribution in [0.2, 0.25) is 0 Å². The van der Waals surface area contributed by atoms with Crippen molar-refractivity contribution in [2.75, 3.05) is 0 Å². The summed E-state index contributed by atoms with van der Waals surface area (Å²) in [6.45, 7) is 1.84. The van der Waals surface area contributed by atoms with Gasteiger partial charge in [0.2, 0.25) is 0 Å². The molecule has 0 aromatic carbocycles. The number of hydrogen-bond donors (Lipinski definition) is 2. The van der Waals surface area contributed by atoms with Crippen LogP contribution in [0.25, 0.3) is 0 Å². The number of aryl methyl sites for hydroxylation is 1. The molecule has 0 amide bonds. The lowest BCUT2D eigenvalue weighted by Gasteiger charge is -2.25. The summed E-state index contributed by atoms with van der Waals surface area (Å²) in [7, 11) is 0. The van der Waals surface area contributed by atoms with Crippen LogP contribution in [-0.2, 0) is 0 Å². The van der Waals surface area contributed by atoms with Gasteiger partial charge in [-0.3, -0.25) is 5.41 Å². The van der Waals surface area contributed by atoms with Crippen LogP contribution in [0, 0.1) is 12.3 Å². The van der Waals surface area contributed by atoms with E-state index in [2.05, 4.69) is 9.97 Å². The molecular weight excluding hydrogens is 192 g/mol. The topological polar surface area (TPSA) is 84.9 Å². The molecule has 0 radical (unpaired) electrons. The Kier molecular flexibility index (Phi) is 2.53. The Labute approximate surface area is 88.2 Å². The first-order chi connectivity index (χ1) is 7.15. The van der Waals surface area contributed by atoms with Crippen LogP contribution < -0.4 is 10.5 Å². The van der Waals surface area contributed by atoms with Crippen LogP contribution in [0.15, 0.2) is 6.07 Å². The Hall–Kier alpha value is -1.65. The molecule has 1 heterocycles. The standard InChI is InChI=1S/C10H14N4O/c1-6-5-8(9(11)12)14-10(13-6)15-7-3-2-4-7/h5,7H,2-4H2,1H3,(H3,11,12). The van der Waals surface area contributed by atoms with Crippen LogP contribution in [0.4, 0.5) is 0 Å². The quantitative estimate of drug-likeness (QED) is 0.570. The monoisotopic (exact) mass is 206 g/mol. The molecule has 1 fully saturated rings. The van der Waals surface area contributed by atoms with E-state index in [1.807, 2.05) is 6.92 Å². The first-order valence-electron chi connectivity index (χ1n) is 5.02. The molecule has 3 N–H and O–H groups in total. The lowest BCUT2D eigenvalue weighted by molar-refractivity contribution is 0.108. The van der Waals surface area contributed by atoms with Crippen molar-refractivity contribution in [3.63, 3.8) is 0 Å². The Bertz CT molecular complexity index is 387. The van der Waals surface area contributed by atoms with Gasteiger partial charge < -0.3 is 10.5 Å². The van der Waals surface area contributed by atoms with Crippen LogP contribution in [-0.4, -0.2) is 21.9 Å². The summed E-state index contributed by atoms with van der Waals surface area (Å²) in [5, 5.41) is 7.30. The van der Waals surface area contributed by atoms with Crippen molar-refractivity contribution in [1.82, 2.24) is 9.97 Å². The summed E-state index contributed by atoms with van der Waals surface area (Å²) < 4.78 is 5.55. The number of aromatic nitrogens is 2. The van der Waals surface area contributed by atoms with Crippen LogP contribution in [0.3, 0.4) is 0 Å². The molecule has 0 aliphatic heterocycles. The summed E-state index contributed by atoms with van der Waals surface area (Å²) in [5.41, 5.74) is 6.56. The fourth-order valence-electron chi connectivity index (χ4n) is 1.37. The van der Waals surface area contributed by atoms with E-state index in [-0.39, 0.29) is 11.9 Å². The fourth-order valence-corrected chi connectivity index (χ4v) is 1.37. The van der Waals surface area contributed by atoms with Crippen LogP contribution in [0.5, 0.6) is 6.01 Å². The molecule has 0 bridgehead atoms. The highest BCUT2D eigenvalue weighted by Crippen LogP contribution is 2.23. The minimum atomic E-state index is -0.0565. The second-order valence-corrected chi connectivity index (χ2v) is 3.76. The molecule has 80 valence electrons.